The van der Waals surface area contributed by atoms with Gasteiger partial charge in [-0.1, -0.05) is 17.3 Å². The van der Waals surface area contributed by atoms with Crippen LogP contribution in [0, 0.1) is 0 Å². The molecule has 0 bridgehead atoms. The van der Waals surface area contributed by atoms with Crippen molar-refractivity contribution in [1.29, 1.82) is 0 Å². The van der Waals surface area contributed by atoms with E-state index in [1.165, 1.54) is 4.68 Å². The van der Waals surface area contributed by atoms with E-state index in [4.69, 9.17) is 8.83 Å². The van der Waals surface area contributed by atoms with Gasteiger partial charge >= 0.3 is 0 Å². The van der Waals surface area contributed by atoms with Crippen molar-refractivity contribution >= 4 is 16.8 Å². The first-order valence-electron chi connectivity index (χ1n) is 8.86. The molecule has 0 saturated carbocycles. The van der Waals surface area contributed by atoms with Crippen molar-refractivity contribution in [2.45, 2.75) is 26.1 Å². The molecular formula is C20H18N4O4. The first-order chi connectivity index (χ1) is 13.7. The van der Waals surface area contributed by atoms with E-state index in [0.717, 1.165) is 0 Å². The monoisotopic (exact) mass is 378 g/mol. The van der Waals surface area contributed by atoms with Gasteiger partial charge in [-0.25, -0.2) is 4.68 Å². The van der Waals surface area contributed by atoms with Crippen molar-refractivity contribution in [2.24, 2.45) is 0 Å². The summed E-state index contributed by atoms with van der Waals surface area (Å²) in [6.45, 7) is 0.762. The van der Waals surface area contributed by atoms with Crippen LogP contribution in [0.25, 0.3) is 10.9 Å². The van der Waals surface area contributed by atoms with E-state index in [1.807, 2.05) is 12.1 Å². The standard InChI is InChI=1S/C20H18N4O4/c25-19(9-10-24-20(26)17-7-1-2-8-18(17)21-22-24)23(13-15-5-3-11-27-15)14-16-6-4-12-28-16/h1-8,11-12H,9-10,13-14H2. The fourth-order valence-corrected chi connectivity index (χ4v) is 2.94. The molecular weight excluding hydrogens is 360 g/mol. The molecule has 8 nitrogen and oxygen atoms in total. The smallest absolute Gasteiger partial charge is 0.277 e. The van der Waals surface area contributed by atoms with Gasteiger partial charge in [0, 0.05) is 6.42 Å². The topological polar surface area (TPSA) is 94.4 Å². The minimum atomic E-state index is -0.262. The predicted molar refractivity (Wildman–Crippen MR) is 100 cm³/mol. The maximum absolute atomic E-state index is 12.8. The zero-order valence-corrected chi connectivity index (χ0v) is 15.0. The third kappa shape index (κ3) is 3.85. The fraction of sp³-hybridized carbons (Fsp3) is 0.200. The van der Waals surface area contributed by atoms with Crippen molar-refractivity contribution in [3.05, 3.63) is 82.9 Å². The lowest BCUT2D eigenvalue weighted by molar-refractivity contribution is -0.133. The van der Waals surface area contributed by atoms with Crippen LogP contribution < -0.4 is 5.56 Å². The van der Waals surface area contributed by atoms with Crippen LogP contribution in [0.3, 0.4) is 0 Å². The number of hydrogen-bond donors (Lipinski definition) is 0. The average molecular weight is 378 g/mol. The summed E-state index contributed by atoms with van der Waals surface area (Å²) in [6, 6.07) is 14.2. The zero-order valence-electron chi connectivity index (χ0n) is 15.0. The van der Waals surface area contributed by atoms with Gasteiger partial charge in [0.2, 0.25) is 5.91 Å². The largest absolute Gasteiger partial charge is 0.467 e. The summed E-state index contributed by atoms with van der Waals surface area (Å²) < 4.78 is 11.9. The van der Waals surface area contributed by atoms with Crippen LogP contribution >= 0.6 is 0 Å². The molecule has 1 amide bonds. The number of aromatic nitrogens is 3. The molecule has 3 aromatic heterocycles. The number of furan rings is 2. The Morgan fingerprint density at radius 3 is 2.29 bits per heavy atom. The normalized spacial score (nSPS) is 11.0. The average Bonchev–Trinajstić information content (AvgIpc) is 3.41. The van der Waals surface area contributed by atoms with Crippen molar-refractivity contribution < 1.29 is 13.6 Å². The summed E-state index contributed by atoms with van der Waals surface area (Å²) in [5.41, 5.74) is 0.273. The molecule has 0 spiro atoms. The third-order valence-electron chi connectivity index (χ3n) is 4.37. The van der Waals surface area contributed by atoms with Gasteiger partial charge < -0.3 is 13.7 Å². The van der Waals surface area contributed by atoms with E-state index in [9.17, 15) is 9.59 Å². The molecule has 0 aliphatic carbocycles. The highest BCUT2D eigenvalue weighted by Crippen LogP contribution is 2.13. The van der Waals surface area contributed by atoms with Gasteiger partial charge in [0.1, 0.15) is 17.0 Å². The van der Waals surface area contributed by atoms with Crippen molar-refractivity contribution in [2.75, 3.05) is 0 Å². The second-order valence-corrected chi connectivity index (χ2v) is 6.29. The van der Waals surface area contributed by atoms with E-state index in [-0.39, 0.29) is 24.4 Å². The lowest BCUT2D eigenvalue weighted by atomic mass is 10.2. The third-order valence-corrected chi connectivity index (χ3v) is 4.37. The Bertz CT molecular complexity index is 1080. The molecule has 4 rings (SSSR count). The SMILES string of the molecule is O=C(CCn1nnc2ccccc2c1=O)N(Cc1ccco1)Cc1ccco1. The van der Waals surface area contributed by atoms with Crippen molar-refractivity contribution in [3.8, 4) is 0 Å². The van der Waals surface area contributed by atoms with E-state index in [1.54, 1.807) is 53.8 Å². The van der Waals surface area contributed by atoms with Crippen LogP contribution in [0.4, 0.5) is 0 Å². The first kappa shape index (κ1) is 17.7. The highest BCUT2D eigenvalue weighted by Gasteiger charge is 2.18. The number of amides is 1. The Labute approximate surface area is 160 Å². The highest BCUT2D eigenvalue weighted by molar-refractivity contribution is 5.77. The number of hydrogen-bond acceptors (Lipinski definition) is 6. The predicted octanol–water partition coefficient (Wildman–Crippen LogP) is 2.60. The Morgan fingerprint density at radius 1 is 0.964 bits per heavy atom. The Kier molecular flexibility index (Phi) is 5.01. The summed E-state index contributed by atoms with van der Waals surface area (Å²) in [5, 5.41) is 8.46. The van der Waals surface area contributed by atoms with E-state index < -0.39 is 0 Å². The van der Waals surface area contributed by atoms with Gasteiger partial charge in [-0.2, -0.15) is 0 Å². The van der Waals surface area contributed by atoms with Gasteiger partial charge in [-0.05, 0) is 36.4 Å². The number of rotatable bonds is 7. The van der Waals surface area contributed by atoms with Crippen LogP contribution in [0.5, 0.6) is 0 Å². The van der Waals surface area contributed by atoms with Gasteiger partial charge in [-0.3, -0.25) is 9.59 Å². The number of nitrogens with zero attached hydrogens (tertiary/aromatic N) is 4. The first-order valence-corrected chi connectivity index (χ1v) is 8.86. The quantitative estimate of drug-likeness (QED) is 0.491. The number of aryl methyl sites for hydroxylation is 1. The van der Waals surface area contributed by atoms with E-state index >= 15 is 0 Å². The number of carbonyl (C=O) groups excluding carboxylic acids is 1. The second kappa shape index (κ2) is 7.91. The van der Waals surface area contributed by atoms with Crippen LogP contribution in [0.1, 0.15) is 17.9 Å². The highest BCUT2D eigenvalue weighted by atomic mass is 16.3. The molecule has 0 fully saturated rings. The minimum absolute atomic E-state index is 0.106. The second-order valence-electron chi connectivity index (χ2n) is 6.29. The number of carbonyl (C=O) groups is 1. The lowest BCUT2D eigenvalue weighted by Gasteiger charge is -2.20. The number of fused-ring (bicyclic) bond motifs is 1. The maximum Gasteiger partial charge on any atom is 0.277 e. The van der Waals surface area contributed by atoms with Gasteiger partial charge in [-0.15, -0.1) is 5.10 Å². The van der Waals surface area contributed by atoms with Crippen molar-refractivity contribution in [3.63, 3.8) is 0 Å². The molecule has 3 heterocycles. The molecule has 142 valence electrons. The molecule has 0 saturated heterocycles. The summed E-state index contributed by atoms with van der Waals surface area (Å²) >= 11 is 0. The van der Waals surface area contributed by atoms with Crippen LogP contribution in [-0.4, -0.2) is 25.8 Å². The molecule has 0 unspecified atom stereocenters. The Balaban J connectivity index is 1.49. The lowest BCUT2D eigenvalue weighted by Crippen LogP contribution is -2.32. The summed E-state index contributed by atoms with van der Waals surface area (Å²) in [7, 11) is 0. The Hall–Kier alpha value is -3.68. The molecule has 0 aliphatic heterocycles. The van der Waals surface area contributed by atoms with Crippen LogP contribution in [0.15, 0.2) is 74.7 Å². The Morgan fingerprint density at radius 2 is 1.64 bits per heavy atom. The van der Waals surface area contributed by atoms with E-state index in [0.29, 0.717) is 35.5 Å². The van der Waals surface area contributed by atoms with Crippen molar-refractivity contribution in [1.82, 2.24) is 19.9 Å². The van der Waals surface area contributed by atoms with E-state index in [2.05, 4.69) is 10.3 Å². The maximum atomic E-state index is 12.8. The molecule has 0 aliphatic rings. The molecule has 8 heteroatoms. The molecule has 0 radical (unpaired) electrons. The summed E-state index contributed by atoms with van der Waals surface area (Å²) in [6.07, 6.45) is 3.23. The minimum Gasteiger partial charge on any atom is -0.467 e. The molecule has 28 heavy (non-hydrogen) atoms. The van der Waals surface area contributed by atoms with Gasteiger partial charge in [0.15, 0.2) is 0 Å². The summed E-state index contributed by atoms with van der Waals surface area (Å²) in [5.74, 6) is 1.19. The zero-order chi connectivity index (χ0) is 19.3. The molecule has 4 aromatic rings. The fourth-order valence-electron chi connectivity index (χ4n) is 2.94. The van der Waals surface area contributed by atoms with Gasteiger partial charge in [0.05, 0.1) is 37.5 Å². The van der Waals surface area contributed by atoms with Gasteiger partial charge in [0.25, 0.3) is 5.56 Å². The molecule has 0 N–H and O–H groups in total. The van der Waals surface area contributed by atoms with Crippen LogP contribution in [-0.2, 0) is 24.4 Å². The summed E-state index contributed by atoms with van der Waals surface area (Å²) in [4.78, 5) is 27.0. The molecule has 0 atom stereocenters. The van der Waals surface area contributed by atoms with Crippen LogP contribution in [0.2, 0.25) is 0 Å². The molecule has 1 aromatic carbocycles. The number of benzene rings is 1.